The van der Waals surface area contributed by atoms with Crippen LogP contribution >= 0.6 is 0 Å². The molecule has 0 fully saturated rings. The molecule has 4 N–H and O–H groups in total. The van der Waals surface area contributed by atoms with Crippen LogP contribution in [0.25, 0.3) is 0 Å². The smallest absolute Gasteiger partial charge is 0.330 e. The highest BCUT2D eigenvalue weighted by Crippen LogP contribution is 2.20. The number of carbonyl (C=O) groups excluding carboxylic acids is 3. The Bertz CT molecular complexity index is 1740. The van der Waals surface area contributed by atoms with Crippen molar-refractivity contribution in [3.05, 3.63) is 120 Å². The molecule has 0 radical (unpaired) electrons. The van der Waals surface area contributed by atoms with E-state index in [0.717, 1.165) is 5.56 Å². The molecule has 0 aromatic heterocycles. The molecule has 2 atom stereocenters. The lowest BCUT2D eigenvalue weighted by atomic mass is 10.0. The molecule has 1 unspecified atom stereocenters. The normalized spacial score (nSPS) is 12.2. The van der Waals surface area contributed by atoms with Crippen LogP contribution in [0.15, 0.2) is 109 Å². The molecular weight excluding hydrogens is 622 g/mol. The summed E-state index contributed by atoms with van der Waals surface area (Å²) in [6.45, 7) is 0. The Labute approximate surface area is 274 Å². The van der Waals surface area contributed by atoms with Gasteiger partial charge in [-0.3, -0.25) is 9.59 Å². The quantitative estimate of drug-likeness (QED) is 0.161. The van der Waals surface area contributed by atoms with Gasteiger partial charge in [0.1, 0.15) is 23.6 Å². The Morgan fingerprint density at radius 3 is 1.70 bits per heavy atom. The Morgan fingerprint density at radius 2 is 1.19 bits per heavy atom. The molecule has 4 rings (SSSR count). The molecule has 4 aromatic carbocycles. The fourth-order valence-corrected chi connectivity index (χ4v) is 5.61. The van der Waals surface area contributed by atoms with Crippen LogP contribution in [0.4, 0.5) is 16.2 Å². The number of hydrogen-bond donors (Lipinski definition) is 4. The Hall–Kier alpha value is -5.40. The third-order valence-electron chi connectivity index (χ3n) is 7.16. The maximum absolute atomic E-state index is 13.6. The number of amides is 4. The summed E-state index contributed by atoms with van der Waals surface area (Å²) in [5, 5.41) is 5.19. The SMILES string of the molecule is COc1ccc(NC(=O)[C@H](Cc2ccccc2)NS(=O)(=O)NC(=O)NC(Cc2ccccc2)C(=O)N(C)c2ccc(OC)cc2)cc1. The standard InChI is InChI=1S/C34H37N5O7S/c1-39(27-16-20-29(46-3)21-17-27)33(41)31(23-25-12-8-5-9-13-25)36-34(42)38-47(43,44)37-30(22-24-10-6-4-7-11-24)32(40)35-26-14-18-28(45-2)19-15-26/h4-21,30-31,37H,22-23H2,1-3H3,(H,35,40)(H2,36,38,42)/t30-,31?/m0/s1. The van der Waals surface area contributed by atoms with Crippen LogP contribution in [0, 0.1) is 0 Å². The topological polar surface area (TPSA) is 155 Å². The first-order chi connectivity index (χ1) is 22.6. The molecule has 4 aromatic rings. The summed E-state index contributed by atoms with van der Waals surface area (Å²) >= 11 is 0. The Morgan fingerprint density at radius 1 is 0.702 bits per heavy atom. The summed E-state index contributed by atoms with van der Waals surface area (Å²) in [7, 11) is -0.00839. The van der Waals surface area contributed by atoms with Crippen molar-refractivity contribution in [1.82, 2.24) is 14.8 Å². The zero-order valence-corrected chi connectivity index (χ0v) is 27.0. The van der Waals surface area contributed by atoms with Gasteiger partial charge in [0, 0.05) is 24.8 Å². The van der Waals surface area contributed by atoms with Crippen molar-refractivity contribution >= 4 is 39.4 Å². The number of urea groups is 1. The van der Waals surface area contributed by atoms with E-state index in [1.807, 2.05) is 10.8 Å². The fraction of sp³-hybridized carbons (Fsp3) is 0.206. The first kappa shape index (κ1) is 34.5. The van der Waals surface area contributed by atoms with Crippen molar-refractivity contribution in [3.8, 4) is 11.5 Å². The summed E-state index contributed by atoms with van der Waals surface area (Å²) in [5.41, 5.74) is 2.39. The second-order valence-electron chi connectivity index (χ2n) is 10.5. The summed E-state index contributed by atoms with van der Waals surface area (Å²) < 4.78 is 41.0. The highest BCUT2D eigenvalue weighted by atomic mass is 32.2. The molecule has 12 nitrogen and oxygen atoms in total. The van der Waals surface area contributed by atoms with Crippen LogP contribution in [0.3, 0.4) is 0 Å². The predicted octanol–water partition coefficient (Wildman–Crippen LogP) is 3.66. The van der Waals surface area contributed by atoms with Gasteiger partial charge in [0.15, 0.2) is 0 Å². The number of hydrogen-bond acceptors (Lipinski definition) is 7. The molecule has 4 amide bonds. The van der Waals surface area contributed by atoms with Crippen molar-refractivity contribution in [1.29, 1.82) is 0 Å². The number of anilines is 2. The van der Waals surface area contributed by atoms with E-state index in [1.165, 1.54) is 19.1 Å². The van der Waals surface area contributed by atoms with E-state index in [9.17, 15) is 22.8 Å². The average Bonchev–Trinajstić information content (AvgIpc) is 3.08. The minimum atomic E-state index is -4.60. The van der Waals surface area contributed by atoms with Gasteiger partial charge in [-0.25, -0.2) is 9.52 Å². The minimum absolute atomic E-state index is 0.00681. The van der Waals surface area contributed by atoms with Crippen LogP contribution in [0.2, 0.25) is 0 Å². The van der Waals surface area contributed by atoms with Gasteiger partial charge in [-0.05, 0) is 66.1 Å². The van der Waals surface area contributed by atoms with Crippen LogP contribution in [-0.2, 0) is 32.6 Å². The fourth-order valence-electron chi connectivity index (χ4n) is 4.68. The summed E-state index contributed by atoms with van der Waals surface area (Å²) in [4.78, 5) is 41.4. The highest BCUT2D eigenvalue weighted by Gasteiger charge is 2.29. The molecular formula is C34H37N5O7S. The van der Waals surface area contributed by atoms with Crippen LogP contribution < -0.4 is 34.5 Å². The van der Waals surface area contributed by atoms with Crippen LogP contribution in [-0.4, -0.2) is 59.6 Å². The number of nitrogens with one attached hydrogen (secondary N) is 4. The molecule has 0 aliphatic carbocycles. The summed E-state index contributed by atoms with van der Waals surface area (Å²) in [6, 6.07) is 27.5. The average molecular weight is 660 g/mol. The lowest BCUT2D eigenvalue weighted by molar-refractivity contribution is -0.120. The lowest BCUT2D eigenvalue weighted by Gasteiger charge is -2.25. The minimum Gasteiger partial charge on any atom is -0.497 e. The molecule has 13 heteroatoms. The number of nitrogens with zero attached hydrogens (tertiary/aromatic N) is 1. The van der Waals surface area contributed by atoms with Gasteiger partial charge in [-0.15, -0.1) is 0 Å². The second kappa shape index (κ2) is 16.2. The first-order valence-electron chi connectivity index (χ1n) is 14.6. The van der Waals surface area contributed by atoms with Crippen molar-refractivity contribution in [2.75, 3.05) is 31.5 Å². The molecule has 0 bridgehead atoms. The van der Waals surface area contributed by atoms with Gasteiger partial charge in [0.05, 0.1) is 14.2 Å². The molecule has 246 valence electrons. The van der Waals surface area contributed by atoms with Crippen molar-refractivity contribution in [2.45, 2.75) is 24.9 Å². The molecule has 0 aliphatic rings. The summed E-state index contributed by atoms with van der Waals surface area (Å²) in [5.74, 6) is 0.0521. The van der Waals surface area contributed by atoms with Gasteiger partial charge in [-0.1, -0.05) is 60.7 Å². The molecule has 0 saturated carbocycles. The third-order valence-corrected chi connectivity index (χ3v) is 8.21. The van der Waals surface area contributed by atoms with E-state index in [2.05, 4.69) is 15.4 Å². The maximum Gasteiger partial charge on any atom is 0.330 e. The summed E-state index contributed by atoms with van der Waals surface area (Å²) in [6.07, 6.45) is 0.0785. The number of methoxy groups -OCH3 is 2. The lowest BCUT2D eigenvalue weighted by Crippen LogP contribution is -2.56. The van der Waals surface area contributed by atoms with Crippen molar-refractivity contribution in [2.24, 2.45) is 0 Å². The number of likely N-dealkylation sites (N-methyl/N-ethyl adjacent to an activating group) is 1. The second-order valence-corrected chi connectivity index (χ2v) is 11.9. The third kappa shape index (κ3) is 10.3. The molecule has 0 saturated heterocycles. The number of rotatable bonds is 14. The van der Waals surface area contributed by atoms with E-state index >= 15 is 0 Å². The van der Waals surface area contributed by atoms with Gasteiger partial charge < -0.3 is 25.0 Å². The van der Waals surface area contributed by atoms with E-state index in [4.69, 9.17) is 9.47 Å². The van der Waals surface area contributed by atoms with E-state index < -0.39 is 40.1 Å². The monoisotopic (exact) mass is 659 g/mol. The predicted molar refractivity (Wildman–Crippen MR) is 180 cm³/mol. The number of benzene rings is 4. The number of carbonyl (C=O) groups is 3. The van der Waals surface area contributed by atoms with Crippen molar-refractivity contribution in [3.63, 3.8) is 0 Å². The van der Waals surface area contributed by atoms with E-state index in [-0.39, 0.29) is 12.8 Å². The molecule has 0 aliphatic heterocycles. The van der Waals surface area contributed by atoms with Crippen LogP contribution in [0.5, 0.6) is 11.5 Å². The zero-order valence-electron chi connectivity index (χ0n) is 26.2. The van der Waals surface area contributed by atoms with E-state index in [1.54, 1.807) is 110 Å². The van der Waals surface area contributed by atoms with Gasteiger partial charge >= 0.3 is 16.2 Å². The number of ether oxygens (including phenoxy) is 2. The molecule has 47 heavy (non-hydrogen) atoms. The van der Waals surface area contributed by atoms with Gasteiger partial charge in [-0.2, -0.15) is 13.1 Å². The molecule has 0 heterocycles. The highest BCUT2D eigenvalue weighted by molar-refractivity contribution is 7.88. The first-order valence-corrected chi connectivity index (χ1v) is 16.1. The zero-order chi connectivity index (χ0) is 33.8. The van der Waals surface area contributed by atoms with Crippen LogP contribution in [0.1, 0.15) is 11.1 Å². The van der Waals surface area contributed by atoms with E-state index in [0.29, 0.717) is 28.4 Å². The maximum atomic E-state index is 13.6. The van der Waals surface area contributed by atoms with Crippen molar-refractivity contribution < 1.29 is 32.3 Å². The van der Waals surface area contributed by atoms with Gasteiger partial charge in [0.2, 0.25) is 11.8 Å². The van der Waals surface area contributed by atoms with Gasteiger partial charge in [0.25, 0.3) is 0 Å². The Balaban J connectivity index is 1.49. The molecule has 0 spiro atoms. The Kier molecular flexibility index (Phi) is 11.9. The largest absolute Gasteiger partial charge is 0.497 e.